The van der Waals surface area contributed by atoms with Crippen LogP contribution in [0.15, 0.2) is 36.7 Å². The van der Waals surface area contributed by atoms with E-state index < -0.39 is 0 Å². The normalized spacial score (nSPS) is 13.4. The van der Waals surface area contributed by atoms with Crippen molar-refractivity contribution >= 4 is 5.52 Å². The summed E-state index contributed by atoms with van der Waals surface area (Å²) in [5.41, 5.74) is 8.28. The maximum Gasteiger partial charge on any atom is 0.0452 e. The number of pyridine rings is 1. The number of nitrogens with two attached hydrogens (primary N) is 1. The molecule has 2 heterocycles. The van der Waals surface area contributed by atoms with Crippen LogP contribution in [0.5, 0.6) is 0 Å². The molecule has 0 saturated heterocycles. The van der Waals surface area contributed by atoms with Crippen molar-refractivity contribution < 1.29 is 0 Å². The molecule has 2 aromatic rings. The van der Waals surface area contributed by atoms with Crippen LogP contribution in [0.25, 0.3) is 5.52 Å². The fourth-order valence-corrected chi connectivity index (χ4v) is 1.60. The van der Waals surface area contributed by atoms with E-state index in [1.807, 2.05) is 19.1 Å². The quantitative estimate of drug-likeness (QED) is 0.739. The van der Waals surface area contributed by atoms with Gasteiger partial charge in [-0.25, -0.2) is 0 Å². The first-order chi connectivity index (χ1) is 6.25. The Morgan fingerprint density at radius 2 is 2.31 bits per heavy atom. The molecule has 68 valence electrons. The highest BCUT2D eigenvalue weighted by atomic mass is 14.8. The zero-order chi connectivity index (χ0) is 9.26. The van der Waals surface area contributed by atoms with Gasteiger partial charge in [-0.1, -0.05) is 6.07 Å². The van der Waals surface area contributed by atoms with Crippen LogP contribution < -0.4 is 5.73 Å². The number of hydrogen-bond acceptors (Lipinski definition) is 1. The Kier molecular flexibility index (Phi) is 2.07. The van der Waals surface area contributed by atoms with Crippen LogP contribution in [-0.2, 0) is 6.42 Å². The number of nitrogens with zero attached hydrogens (tertiary/aromatic N) is 1. The maximum absolute atomic E-state index is 5.74. The Balaban J connectivity index is 2.38. The van der Waals surface area contributed by atoms with Crippen molar-refractivity contribution in [2.45, 2.75) is 19.4 Å². The van der Waals surface area contributed by atoms with Gasteiger partial charge in [-0.3, -0.25) is 0 Å². The highest BCUT2D eigenvalue weighted by Crippen LogP contribution is 2.10. The summed E-state index contributed by atoms with van der Waals surface area (Å²) in [5, 5.41) is 0. The molecule has 0 radical (unpaired) electrons. The second-order valence-corrected chi connectivity index (χ2v) is 3.56. The summed E-state index contributed by atoms with van der Waals surface area (Å²) < 4.78 is 2.12. The Labute approximate surface area is 78.0 Å². The molecule has 0 aliphatic heterocycles. The van der Waals surface area contributed by atoms with Gasteiger partial charge in [0.2, 0.25) is 0 Å². The van der Waals surface area contributed by atoms with E-state index in [4.69, 9.17) is 5.73 Å². The smallest absolute Gasteiger partial charge is 0.0452 e. The van der Waals surface area contributed by atoms with Crippen molar-refractivity contribution in [3.63, 3.8) is 0 Å². The minimum atomic E-state index is 0.234. The van der Waals surface area contributed by atoms with E-state index in [-0.39, 0.29) is 6.04 Å². The lowest BCUT2D eigenvalue weighted by Gasteiger charge is -1.99. The fourth-order valence-electron chi connectivity index (χ4n) is 1.60. The molecule has 0 unspecified atom stereocenters. The lowest BCUT2D eigenvalue weighted by molar-refractivity contribution is 0.738. The van der Waals surface area contributed by atoms with E-state index in [2.05, 4.69) is 28.9 Å². The van der Waals surface area contributed by atoms with Crippen molar-refractivity contribution in [3.05, 3.63) is 42.2 Å². The predicted octanol–water partition coefficient (Wildman–Crippen LogP) is 1.83. The Hall–Kier alpha value is -1.28. The van der Waals surface area contributed by atoms with E-state index in [0.29, 0.717) is 0 Å². The lowest BCUT2D eigenvalue weighted by atomic mass is 10.1. The van der Waals surface area contributed by atoms with Crippen molar-refractivity contribution in [1.82, 2.24) is 4.40 Å². The molecule has 0 aromatic carbocycles. The van der Waals surface area contributed by atoms with Gasteiger partial charge >= 0.3 is 0 Å². The summed E-state index contributed by atoms with van der Waals surface area (Å²) in [6, 6.07) is 8.60. The molecule has 0 fully saturated rings. The van der Waals surface area contributed by atoms with E-state index in [9.17, 15) is 0 Å². The van der Waals surface area contributed by atoms with Crippen LogP contribution in [0.4, 0.5) is 0 Å². The van der Waals surface area contributed by atoms with Gasteiger partial charge in [-0.05, 0) is 37.1 Å². The van der Waals surface area contributed by atoms with Crippen molar-refractivity contribution in [3.8, 4) is 0 Å². The van der Waals surface area contributed by atoms with E-state index in [0.717, 1.165) is 6.42 Å². The van der Waals surface area contributed by atoms with Gasteiger partial charge in [0, 0.05) is 24.0 Å². The van der Waals surface area contributed by atoms with Crippen LogP contribution in [0, 0.1) is 0 Å². The van der Waals surface area contributed by atoms with Crippen LogP contribution in [0.3, 0.4) is 0 Å². The molecule has 2 nitrogen and oxygen atoms in total. The Morgan fingerprint density at radius 1 is 1.46 bits per heavy atom. The van der Waals surface area contributed by atoms with Crippen LogP contribution >= 0.6 is 0 Å². The first-order valence-corrected chi connectivity index (χ1v) is 4.57. The molecular formula is C11H14N2. The van der Waals surface area contributed by atoms with Gasteiger partial charge in [-0.2, -0.15) is 0 Å². The van der Waals surface area contributed by atoms with Crippen LogP contribution in [0.1, 0.15) is 12.5 Å². The standard InChI is InChI=1S/C11H14N2/c1-9(12)6-10-7-11-4-2-3-5-13(11)8-10/h2-5,7-9H,6,12H2,1H3/t9-/m0/s1. The van der Waals surface area contributed by atoms with Crippen molar-refractivity contribution in [2.24, 2.45) is 5.73 Å². The summed E-state index contributed by atoms with van der Waals surface area (Å²) in [5.74, 6) is 0. The van der Waals surface area contributed by atoms with Gasteiger partial charge in [0.05, 0.1) is 0 Å². The molecule has 0 bridgehead atoms. The number of hydrogen-bond donors (Lipinski definition) is 1. The Bertz CT molecular complexity index is 368. The minimum Gasteiger partial charge on any atom is -0.328 e. The maximum atomic E-state index is 5.74. The molecule has 1 atom stereocenters. The summed E-state index contributed by atoms with van der Waals surface area (Å²) in [4.78, 5) is 0. The summed E-state index contributed by atoms with van der Waals surface area (Å²) in [7, 11) is 0. The molecule has 0 saturated carbocycles. The molecule has 2 heteroatoms. The molecule has 0 spiro atoms. The van der Waals surface area contributed by atoms with Gasteiger partial charge in [0.1, 0.15) is 0 Å². The summed E-state index contributed by atoms with van der Waals surface area (Å²) >= 11 is 0. The average molecular weight is 174 g/mol. The third-order valence-electron chi connectivity index (χ3n) is 2.12. The van der Waals surface area contributed by atoms with Crippen molar-refractivity contribution in [2.75, 3.05) is 0 Å². The largest absolute Gasteiger partial charge is 0.328 e. The van der Waals surface area contributed by atoms with E-state index >= 15 is 0 Å². The number of rotatable bonds is 2. The summed E-state index contributed by atoms with van der Waals surface area (Å²) in [6.45, 7) is 2.03. The third-order valence-corrected chi connectivity index (χ3v) is 2.12. The molecule has 0 amide bonds. The Morgan fingerprint density at radius 3 is 3.00 bits per heavy atom. The SMILES string of the molecule is C[C@H](N)Cc1cc2ccccn2c1. The second-order valence-electron chi connectivity index (χ2n) is 3.56. The molecule has 13 heavy (non-hydrogen) atoms. The lowest BCUT2D eigenvalue weighted by Crippen LogP contribution is -2.17. The summed E-state index contributed by atoms with van der Waals surface area (Å²) in [6.07, 6.45) is 5.14. The zero-order valence-electron chi connectivity index (χ0n) is 7.77. The number of fused-ring (bicyclic) bond motifs is 1. The topological polar surface area (TPSA) is 30.4 Å². The van der Waals surface area contributed by atoms with Gasteiger partial charge in [-0.15, -0.1) is 0 Å². The number of aromatic nitrogens is 1. The second kappa shape index (κ2) is 3.23. The molecule has 0 aliphatic carbocycles. The van der Waals surface area contributed by atoms with Gasteiger partial charge in [0.25, 0.3) is 0 Å². The van der Waals surface area contributed by atoms with E-state index in [1.165, 1.54) is 11.1 Å². The predicted molar refractivity (Wildman–Crippen MR) is 54.8 cm³/mol. The first-order valence-electron chi connectivity index (χ1n) is 4.57. The molecule has 2 aromatic heterocycles. The van der Waals surface area contributed by atoms with Crippen LogP contribution in [0.2, 0.25) is 0 Å². The average Bonchev–Trinajstić information content (AvgIpc) is 2.44. The van der Waals surface area contributed by atoms with E-state index in [1.54, 1.807) is 0 Å². The third kappa shape index (κ3) is 1.73. The molecule has 2 N–H and O–H groups in total. The van der Waals surface area contributed by atoms with Gasteiger partial charge in [0.15, 0.2) is 0 Å². The monoisotopic (exact) mass is 174 g/mol. The molecule has 2 rings (SSSR count). The molecular weight excluding hydrogens is 160 g/mol. The first kappa shape index (κ1) is 8.32. The highest BCUT2D eigenvalue weighted by molar-refractivity contribution is 5.50. The zero-order valence-corrected chi connectivity index (χ0v) is 7.77. The van der Waals surface area contributed by atoms with Crippen molar-refractivity contribution in [1.29, 1.82) is 0 Å². The van der Waals surface area contributed by atoms with Gasteiger partial charge < -0.3 is 10.1 Å². The fraction of sp³-hybridized carbons (Fsp3) is 0.273. The highest BCUT2D eigenvalue weighted by Gasteiger charge is 2.00. The van der Waals surface area contributed by atoms with Crippen LogP contribution in [-0.4, -0.2) is 10.4 Å². The molecule has 0 aliphatic rings. The minimum absolute atomic E-state index is 0.234.